The monoisotopic (exact) mass is 337 g/mol. The SMILES string of the molecule is CN(C)C/C=C1\c2ccccc2Sc2ccc(Cl)cc21.Cl. The predicted octanol–water partition coefficient (Wildman–Crippen LogP) is 5.22. The molecule has 0 saturated carbocycles. The minimum atomic E-state index is 0. The highest BCUT2D eigenvalue weighted by Crippen LogP contribution is 2.45. The lowest BCUT2D eigenvalue weighted by molar-refractivity contribution is 0.457. The van der Waals surface area contributed by atoms with E-state index in [2.05, 4.69) is 61.5 Å². The van der Waals surface area contributed by atoms with E-state index in [1.807, 2.05) is 17.8 Å². The third-order valence-electron chi connectivity index (χ3n) is 3.29. The van der Waals surface area contributed by atoms with Crippen LogP contribution >= 0.6 is 35.8 Å². The van der Waals surface area contributed by atoms with E-state index in [1.54, 1.807) is 0 Å². The quantitative estimate of drug-likeness (QED) is 0.630. The van der Waals surface area contributed by atoms with Crippen molar-refractivity contribution in [3.8, 4) is 0 Å². The largest absolute Gasteiger partial charge is 0.306 e. The molecule has 110 valence electrons. The summed E-state index contributed by atoms with van der Waals surface area (Å²) in [4.78, 5) is 4.76. The maximum absolute atomic E-state index is 6.18. The molecular formula is C17H17Cl2NS. The standard InChI is InChI=1S/C17H16ClNS.ClH/c1-19(2)10-9-13-14-5-3-4-6-16(14)20-17-8-7-12(18)11-15(13)17;/h3-9,11H,10H2,1-2H3;1H/b13-9+;. The van der Waals surface area contributed by atoms with Crippen LogP contribution in [0.25, 0.3) is 5.57 Å². The summed E-state index contributed by atoms with van der Waals surface area (Å²) in [7, 11) is 4.17. The number of hydrogen-bond donors (Lipinski definition) is 0. The van der Waals surface area contributed by atoms with Crippen LogP contribution in [0.15, 0.2) is 58.3 Å². The van der Waals surface area contributed by atoms with Gasteiger partial charge in [0.25, 0.3) is 0 Å². The molecule has 1 nitrogen and oxygen atoms in total. The van der Waals surface area contributed by atoms with E-state index in [0.717, 1.165) is 11.6 Å². The first-order chi connectivity index (χ1) is 9.65. The average Bonchev–Trinajstić information content (AvgIpc) is 2.43. The van der Waals surface area contributed by atoms with Gasteiger partial charge in [-0.25, -0.2) is 0 Å². The molecule has 0 spiro atoms. The van der Waals surface area contributed by atoms with Gasteiger partial charge in [-0.15, -0.1) is 12.4 Å². The van der Waals surface area contributed by atoms with E-state index in [-0.39, 0.29) is 12.4 Å². The smallest absolute Gasteiger partial charge is 0.0412 e. The molecule has 2 aromatic carbocycles. The molecule has 1 aliphatic heterocycles. The molecule has 4 heteroatoms. The van der Waals surface area contributed by atoms with Gasteiger partial charge >= 0.3 is 0 Å². The molecule has 21 heavy (non-hydrogen) atoms. The summed E-state index contributed by atoms with van der Waals surface area (Å²) < 4.78 is 0. The fourth-order valence-electron chi connectivity index (χ4n) is 2.34. The normalized spacial score (nSPS) is 14.6. The number of likely N-dealkylation sites (N-methyl/N-ethyl adjacent to an activating group) is 1. The summed E-state index contributed by atoms with van der Waals surface area (Å²) in [6.45, 7) is 0.917. The molecule has 0 bridgehead atoms. The summed E-state index contributed by atoms with van der Waals surface area (Å²) in [5, 5.41) is 0.791. The second-order valence-corrected chi connectivity index (χ2v) is 6.64. The first-order valence-electron chi connectivity index (χ1n) is 6.57. The molecule has 0 atom stereocenters. The number of halogens is 2. The minimum Gasteiger partial charge on any atom is -0.306 e. The Bertz CT molecular complexity index is 680. The van der Waals surface area contributed by atoms with E-state index < -0.39 is 0 Å². The minimum absolute atomic E-state index is 0. The van der Waals surface area contributed by atoms with Crippen LogP contribution in [0.2, 0.25) is 5.02 Å². The molecule has 3 rings (SSSR count). The van der Waals surface area contributed by atoms with Crippen molar-refractivity contribution in [3.05, 3.63) is 64.7 Å². The van der Waals surface area contributed by atoms with Crippen LogP contribution in [-0.2, 0) is 0 Å². The molecule has 0 fully saturated rings. The lowest BCUT2D eigenvalue weighted by Gasteiger charge is -2.22. The zero-order chi connectivity index (χ0) is 14.1. The predicted molar refractivity (Wildman–Crippen MR) is 94.9 cm³/mol. The zero-order valence-corrected chi connectivity index (χ0v) is 14.4. The molecule has 0 radical (unpaired) electrons. The second kappa shape index (κ2) is 6.89. The molecule has 2 aromatic rings. The van der Waals surface area contributed by atoms with Crippen LogP contribution in [0.3, 0.4) is 0 Å². The maximum atomic E-state index is 6.18. The molecule has 0 aromatic heterocycles. The van der Waals surface area contributed by atoms with Crippen LogP contribution in [0.1, 0.15) is 11.1 Å². The summed E-state index contributed by atoms with van der Waals surface area (Å²) in [6.07, 6.45) is 2.29. The van der Waals surface area contributed by atoms with E-state index in [1.165, 1.54) is 26.5 Å². The Morgan fingerprint density at radius 3 is 2.52 bits per heavy atom. The Kier molecular flexibility index (Phi) is 5.39. The molecule has 0 amide bonds. The van der Waals surface area contributed by atoms with Crippen LogP contribution in [-0.4, -0.2) is 25.5 Å². The number of hydrogen-bond acceptors (Lipinski definition) is 2. The third kappa shape index (κ3) is 3.46. The fourth-order valence-corrected chi connectivity index (χ4v) is 3.60. The van der Waals surface area contributed by atoms with Gasteiger partial charge in [0.1, 0.15) is 0 Å². The Balaban J connectivity index is 0.00000161. The molecule has 0 unspecified atom stereocenters. The van der Waals surface area contributed by atoms with Gasteiger partial charge in [-0.05, 0) is 55.1 Å². The van der Waals surface area contributed by atoms with Crippen LogP contribution in [0, 0.1) is 0 Å². The zero-order valence-electron chi connectivity index (χ0n) is 12.0. The Labute approximate surface area is 141 Å². The third-order valence-corrected chi connectivity index (χ3v) is 4.68. The van der Waals surface area contributed by atoms with Crippen molar-refractivity contribution in [1.82, 2.24) is 4.90 Å². The van der Waals surface area contributed by atoms with Crippen LogP contribution < -0.4 is 0 Å². The molecule has 0 aliphatic carbocycles. The summed E-state index contributed by atoms with van der Waals surface area (Å²) in [5.74, 6) is 0. The average molecular weight is 338 g/mol. The summed E-state index contributed by atoms with van der Waals surface area (Å²) in [6, 6.07) is 14.7. The van der Waals surface area contributed by atoms with Crippen LogP contribution in [0.5, 0.6) is 0 Å². The van der Waals surface area contributed by atoms with E-state index >= 15 is 0 Å². The highest BCUT2D eigenvalue weighted by atomic mass is 35.5. The van der Waals surface area contributed by atoms with E-state index in [9.17, 15) is 0 Å². The first-order valence-corrected chi connectivity index (χ1v) is 7.76. The highest BCUT2D eigenvalue weighted by molar-refractivity contribution is 7.99. The highest BCUT2D eigenvalue weighted by Gasteiger charge is 2.20. The van der Waals surface area contributed by atoms with Crippen molar-refractivity contribution >= 4 is 41.3 Å². The summed E-state index contributed by atoms with van der Waals surface area (Å²) >= 11 is 8.00. The van der Waals surface area contributed by atoms with Crippen molar-refractivity contribution in [2.75, 3.05) is 20.6 Å². The lowest BCUT2D eigenvalue weighted by atomic mass is 9.96. The van der Waals surface area contributed by atoms with Gasteiger partial charge < -0.3 is 4.90 Å². The van der Waals surface area contributed by atoms with Gasteiger partial charge in [-0.3, -0.25) is 0 Å². The Hall–Kier alpha value is -0.930. The fraction of sp³-hybridized carbons (Fsp3) is 0.176. The van der Waals surface area contributed by atoms with Gasteiger partial charge in [0.15, 0.2) is 0 Å². The van der Waals surface area contributed by atoms with Gasteiger partial charge in [-0.2, -0.15) is 0 Å². The van der Waals surface area contributed by atoms with Gasteiger partial charge in [0.05, 0.1) is 0 Å². The molecule has 1 aliphatic rings. The van der Waals surface area contributed by atoms with Gasteiger partial charge in [0, 0.05) is 21.4 Å². The number of rotatable bonds is 2. The molecule has 1 heterocycles. The molecular weight excluding hydrogens is 321 g/mol. The van der Waals surface area contributed by atoms with Crippen molar-refractivity contribution < 1.29 is 0 Å². The Morgan fingerprint density at radius 2 is 1.76 bits per heavy atom. The summed E-state index contributed by atoms with van der Waals surface area (Å²) in [5.41, 5.74) is 3.82. The maximum Gasteiger partial charge on any atom is 0.0412 e. The Morgan fingerprint density at radius 1 is 1.05 bits per heavy atom. The molecule has 0 saturated heterocycles. The van der Waals surface area contributed by atoms with Crippen LogP contribution in [0.4, 0.5) is 0 Å². The van der Waals surface area contributed by atoms with Crippen molar-refractivity contribution in [2.24, 2.45) is 0 Å². The van der Waals surface area contributed by atoms with Gasteiger partial charge in [0.2, 0.25) is 0 Å². The number of fused-ring (bicyclic) bond motifs is 2. The lowest BCUT2D eigenvalue weighted by Crippen LogP contribution is -2.12. The van der Waals surface area contributed by atoms with E-state index in [0.29, 0.717) is 0 Å². The second-order valence-electron chi connectivity index (χ2n) is 5.12. The van der Waals surface area contributed by atoms with Crippen molar-refractivity contribution in [3.63, 3.8) is 0 Å². The first kappa shape index (κ1) is 16.4. The molecule has 0 N–H and O–H groups in total. The number of nitrogens with zero attached hydrogens (tertiary/aromatic N) is 1. The topological polar surface area (TPSA) is 3.24 Å². The van der Waals surface area contributed by atoms with Crippen molar-refractivity contribution in [2.45, 2.75) is 9.79 Å². The van der Waals surface area contributed by atoms with Gasteiger partial charge in [-0.1, -0.05) is 47.6 Å². The van der Waals surface area contributed by atoms with Crippen molar-refractivity contribution in [1.29, 1.82) is 0 Å². The van der Waals surface area contributed by atoms with E-state index in [4.69, 9.17) is 11.6 Å². The number of benzene rings is 2.